The van der Waals surface area contributed by atoms with E-state index in [-0.39, 0.29) is 18.1 Å². The van der Waals surface area contributed by atoms with Gasteiger partial charge in [-0.3, -0.25) is 0 Å². The first-order valence-electron chi connectivity index (χ1n) is 6.00. The van der Waals surface area contributed by atoms with Crippen LogP contribution >= 0.6 is 0 Å². The lowest BCUT2D eigenvalue weighted by Gasteiger charge is -2.00. The molecule has 0 amide bonds. The van der Waals surface area contributed by atoms with E-state index < -0.39 is 5.82 Å². The zero-order valence-electron chi connectivity index (χ0n) is 10.8. The highest BCUT2D eigenvalue weighted by Crippen LogP contribution is 2.18. The normalized spacial score (nSPS) is 12.0. The van der Waals surface area contributed by atoms with Gasteiger partial charge in [0.05, 0.1) is 11.6 Å². The highest BCUT2D eigenvalue weighted by Gasteiger charge is 2.16. The van der Waals surface area contributed by atoms with Crippen molar-refractivity contribution in [3.05, 3.63) is 48.1 Å². The molecule has 21 heavy (non-hydrogen) atoms. The summed E-state index contributed by atoms with van der Waals surface area (Å²) in [5.74, 6) is 5.22. The molecule has 3 aromatic rings. The fourth-order valence-corrected chi connectivity index (χ4v) is 1.94. The van der Waals surface area contributed by atoms with E-state index >= 15 is 0 Å². The molecule has 0 atom stereocenters. The number of fused-ring (bicyclic) bond motifs is 1. The molecule has 3 heterocycles. The van der Waals surface area contributed by atoms with Gasteiger partial charge in [0.1, 0.15) is 23.9 Å². The second kappa shape index (κ2) is 5.12. The number of pyridine rings is 1. The SMILES string of the molecule is N/N=C(\N)c1nn(Cc2ncccn2)c2ncc(F)cc12. The van der Waals surface area contributed by atoms with Gasteiger partial charge in [-0.25, -0.2) is 24.0 Å². The van der Waals surface area contributed by atoms with E-state index in [4.69, 9.17) is 11.6 Å². The molecular weight excluding hydrogens is 275 g/mol. The third kappa shape index (κ3) is 2.36. The molecule has 0 unspecified atom stereocenters. The Bertz CT molecular complexity index is 811. The molecule has 0 bridgehead atoms. The Hall–Kier alpha value is -3.10. The maximum Gasteiger partial charge on any atom is 0.171 e. The Morgan fingerprint density at radius 2 is 2.05 bits per heavy atom. The fourth-order valence-electron chi connectivity index (χ4n) is 1.94. The minimum atomic E-state index is -0.496. The van der Waals surface area contributed by atoms with Gasteiger partial charge in [-0.2, -0.15) is 10.2 Å². The average Bonchev–Trinajstić information content (AvgIpc) is 2.85. The van der Waals surface area contributed by atoms with Gasteiger partial charge in [0.25, 0.3) is 0 Å². The lowest BCUT2D eigenvalue weighted by molar-refractivity contribution is 0.622. The van der Waals surface area contributed by atoms with Crippen LogP contribution in [0.15, 0.2) is 35.8 Å². The molecule has 0 aliphatic rings. The van der Waals surface area contributed by atoms with E-state index in [0.717, 1.165) is 6.20 Å². The topological polar surface area (TPSA) is 121 Å². The van der Waals surface area contributed by atoms with Gasteiger partial charge < -0.3 is 11.6 Å². The number of halogens is 1. The summed E-state index contributed by atoms with van der Waals surface area (Å²) in [6.45, 7) is 0.272. The van der Waals surface area contributed by atoms with Crippen molar-refractivity contribution in [1.82, 2.24) is 24.7 Å². The molecule has 8 nitrogen and oxygen atoms in total. The Labute approximate surface area is 118 Å². The standard InChI is InChI=1S/C12H11FN8/c13-7-4-8-10(11(14)19-15)20-21(12(8)18-5-7)6-9-16-2-1-3-17-9/h1-5H,6,15H2,(H2,14,19). The van der Waals surface area contributed by atoms with E-state index in [1.165, 1.54) is 10.7 Å². The monoisotopic (exact) mass is 286 g/mol. The van der Waals surface area contributed by atoms with Crippen molar-refractivity contribution in [3.8, 4) is 0 Å². The van der Waals surface area contributed by atoms with Crippen molar-refractivity contribution in [3.63, 3.8) is 0 Å². The van der Waals surface area contributed by atoms with Crippen LogP contribution in [0.1, 0.15) is 11.5 Å². The second-order valence-corrected chi connectivity index (χ2v) is 4.21. The highest BCUT2D eigenvalue weighted by molar-refractivity contribution is 6.06. The third-order valence-corrected chi connectivity index (χ3v) is 2.85. The smallest absolute Gasteiger partial charge is 0.171 e. The zero-order chi connectivity index (χ0) is 14.8. The van der Waals surface area contributed by atoms with Gasteiger partial charge in [0, 0.05) is 12.4 Å². The third-order valence-electron chi connectivity index (χ3n) is 2.85. The van der Waals surface area contributed by atoms with E-state index in [2.05, 4.69) is 25.2 Å². The first kappa shape index (κ1) is 12.9. The van der Waals surface area contributed by atoms with Crippen LogP contribution < -0.4 is 11.6 Å². The lowest BCUT2D eigenvalue weighted by Crippen LogP contribution is -2.17. The number of hydrogen-bond acceptors (Lipinski definition) is 6. The summed E-state index contributed by atoms with van der Waals surface area (Å²) >= 11 is 0. The van der Waals surface area contributed by atoms with Gasteiger partial charge >= 0.3 is 0 Å². The van der Waals surface area contributed by atoms with Crippen molar-refractivity contribution < 1.29 is 4.39 Å². The van der Waals surface area contributed by atoms with Crippen LogP contribution in [0.2, 0.25) is 0 Å². The molecule has 4 N–H and O–H groups in total. The number of rotatable bonds is 3. The van der Waals surface area contributed by atoms with Gasteiger partial charge in [0.2, 0.25) is 0 Å². The van der Waals surface area contributed by atoms with Crippen LogP contribution in [0.3, 0.4) is 0 Å². The summed E-state index contributed by atoms with van der Waals surface area (Å²) < 4.78 is 14.9. The maximum atomic E-state index is 13.4. The molecule has 0 spiro atoms. The van der Waals surface area contributed by atoms with Crippen LogP contribution in [-0.2, 0) is 6.54 Å². The number of aromatic nitrogens is 5. The number of nitrogens with zero attached hydrogens (tertiary/aromatic N) is 6. The van der Waals surface area contributed by atoms with Crippen LogP contribution in [0.5, 0.6) is 0 Å². The van der Waals surface area contributed by atoms with E-state index in [9.17, 15) is 4.39 Å². The molecule has 106 valence electrons. The number of hydrazone groups is 1. The molecule has 9 heteroatoms. The molecule has 0 fully saturated rings. The van der Waals surface area contributed by atoms with Gasteiger partial charge in [0.15, 0.2) is 11.5 Å². The first-order chi connectivity index (χ1) is 10.2. The van der Waals surface area contributed by atoms with E-state index in [1.54, 1.807) is 18.5 Å². The van der Waals surface area contributed by atoms with Crippen LogP contribution in [-0.4, -0.2) is 30.6 Å². The summed E-state index contributed by atoms with van der Waals surface area (Å²) in [6.07, 6.45) is 4.35. The number of hydrogen-bond donors (Lipinski definition) is 2. The summed E-state index contributed by atoms with van der Waals surface area (Å²) in [4.78, 5) is 12.3. The zero-order valence-corrected chi connectivity index (χ0v) is 10.8. The Kier molecular flexibility index (Phi) is 3.14. The minimum absolute atomic E-state index is 0.000120. The highest BCUT2D eigenvalue weighted by atomic mass is 19.1. The van der Waals surface area contributed by atoms with Crippen LogP contribution in [0, 0.1) is 5.82 Å². The van der Waals surface area contributed by atoms with Gasteiger partial charge in [-0.1, -0.05) is 0 Å². The molecule has 3 rings (SSSR count). The molecule has 3 aromatic heterocycles. The minimum Gasteiger partial charge on any atom is -0.380 e. The molecule has 0 saturated carbocycles. The summed E-state index contributed by atoms with van der Waals surface area (Å²) in [5.41, 5.74) is 6.41. The largest absolute Gasteiger partial charge is 0.380 e. The average molecular weight is 286 g/mol. The van der Waals surface area contributed by atoms with Gasteiger partial charge in [-0.15, -0.1) is 0 Å². The van der Waals surface area contributed by atoms with Crippen molar-refractivity contribution >= 4 is 16.9 Å². The molecule has 0 aliphatic heterocycles. The number of amidine groups is 1. The summed E-state index contributed by atoms with van der Waals surface area (Å²) in [5, 5.41) is 8.09. The summed E-state index contributed by atoms with van der Waals surface area (Å²) in [6, 6.07) is 2.99. The quantitative estimate of drug-likeness (QED) is 0.302. The predicted molar refractivity (Wildman–Crippen MR) is 73.5 cm³/mol. The van der Waals surface area contributed by atoms with Crippen molar-refractivity contribution in [2.75, 3.05) is 0 Å². The van der Waals surface area contributed by atoms with E-state index in [1.807, 2.05) is 0 Å². The molecular formula is C12H11FN8. The maximum absolute atomic E-state index is 13.4. The lowest BCUT2D eigenvalue weighted by atomic mass is 10.2. The number of nitrogens with two attached hydrogens (primary N) is 2. The van der Waals surface area contributed by atoms with Crippen molar-refractivity contribution in [2.24, 2.45) is 16.7 Å². The van der Waals surface area contributed by atoms with Crippen LogP contribution in [0.25, 0.3) is 11.0 Å². The second-order valence-electron chi connectivity index (χ2n) is 4.21. The van der Waals surface area contributed by atoms with Crippen LogP contribution in [0.4, 0.5) is 4.39 Å². The van der Waals surface area contributed by atoms with Gasteiger partial charge in [-0.05, 0) is 12.1 Å². The summed E-state index contributed by atoms with van der Waals surface area (Å²) in [7, 11) is 0. The molecule has 0 aromatic carbocycles. The van der Waals surface area contributed by atoms with Crippen molar-refractivity contribution in [2.45, 2.75) is 6.54 Å². The first-order valence-corrected chi connectivity index (χ1v) is 6.00. The molecule has 0 saturated heterocycles. The molecule has 0 radical (unpaired) electrons. The van der Waals surface area contributed by atoms with E-state index in [0.29, 0.717) is 16.9 Å². The Balaban J connectivity index is 2.15. The molecule has 0 aliphatic carbocycles. The predicted octanol–water partition coefficient (Wildman–Crippen LogP) is -0.0123. The van der Waals surface area contributed by atoms with Crippen molar-refractivity contribution in [1.29, 1.82) is 0 Å². The Morgan fingerprint density at radius 3 is 2.76 bits per heavy atom. The fraction of sp³-hybridized carbons (Fsp3) is 0.0833. The Morgan fingerprint density at radius 1 is 1.29 bits per heavy atom.